The molecule has 1 saturated heterocycles. The Morgan fingerprint density at radius 3 is 2.12 bits per heavy atom. The van der Waals surface area contributed by atoms with Gasteiger partial charge in [0.25, 0.3) is 0 Å². The molecule has 1 N–H and O–H groups in total. The van der Waals surface area contributed by atoms with Gasteiger partial charge in [0.2, 0.25) is 0 Å². The Hall–Kier alpha value is -1.97. The van der Waals surface area contributed by atoms with Crippen molar-refractivity contribution in [3.8, 4) is 0 Å². The van der Waals surface area contributed by atoms with Crippen molar-refractivity contribution in [1.29, 1.82) is 0 Å². The van der Waals surface area contributed by atoms with Crippen molar-refractivity contribution in [2.45, 2.75) is 12.4 Å². The van der Waals surface area contributed by atoms with E-state index < -0.39 is 29.5 Å². The number of carbonyl (C=O) groups excluding carboxylic acids is 1. The first-order valence-electron chi connectivity index (χ1n) is 7.01. The summed E-state index contributed by atoms with van der Waals surface area (Å²) in [6.07, 6.45) is -9.91. The van der Waals surface area contributed by atoms with Crippen LogP contribution in [0.1, 0.15) is 5.56 Å². The monoisotopic (exact) mass is 355 g/mol. The third-order valence-electron chi connectivity index (χ3n) is 3.67. The molecule has 1 fully saturated rings. The average molecular weight is 355 g/mol. The fourth-order valence-corrected chi connectivity index (χ4v) is 2.33. The van der Waals surface area contributed by atoms with Crippen LogP contribution in [0.25, 0.3) is 0 Å². The maximum absolute atomic E-state index is 12.8. The van der Waals surface area contributed by atoms with E-state index in [1.165, 1.54) is 0 Å². The van der Waals surface area contributed by atoms with Crippen LogP contribution in [0.3, 0.4) is 0 Å². The summed E-state index contributed by atoms with van der Waals surface area (Å²) < 4.78 is 75.7. The van der Waals surface area contributed by atoms with E-state index in [4.69, 9.17) is 0 Å². The first kappa shape index (κ1) is 18.4. The van der Waals surface area contributed by atoms with Gasteiger partial charge >= 0.3 is 18.3 Å². The maximum atomic E-state index is 12.8. The molecule has 24 heavy (non-hydrogen) atoms. The summed E-state index contributed by atoms with van der Waals surface area (Å²) in [4.78, 5) is 14.8. The predicted molar refractivity (Wildman–Crippen MR) is 75.8 cm³/mol. The van der Waals surface area contributed by atoms with Crippen molar-refractivity contribution in [3.05, 3.63) is 23.8 Å². The molecule has 1 aromatic rings. The van der Waals surface area contributed by atoms with E-state index in [0.717, 1.165) is 12.1 Å². The van der Waals surface area contributed by atoms with Gasteiger partial charge in [-0.2, -0.15) is 26.3 Å². The Labute approximate surface area is 134 Å². The van der Waals surface area contributed by atoms with E-state index in [-0.39, 0.29) is 5.69 Å². The van der Waals surface area contributed by atoms with Crippen molar-refractivity contribution < 1.29 is 31.1 Å². The standard InChI is InChI=1S/C14H15F6N3O/c1-22-4-6-23(7-5-22)11-3-2-9(13(15,16)17)8-10(11)21-12(24)14(18,19)20/h2-3,8H,4-7H2,1H3,(H,21,24). The molecule has 1 aliphatic rings. The molecule has 0 bridgehead atoms. The Morgan fingerprint density at radius 1 is 1.04 bits per heavy atom. The number of benzene rings is 1. The molecule has 1 aliphatic heterocycles. The Bertz CT molecular complexity index is 606. The van der Waals surface area contributed by atoms with Crippen LogP contribution in [-0.2, 0) is 11.0 Å². The minimum Gasteiger partial charge on any atom is -0.367 e. The first-order valence-corrected chi connectivity index (χ1v) is 7.01. The lowest BCUT2D eigenvalue weighted by Crippen LogP contribution is -2.45. The van der Waals surface area contributed by atoms with Gasteiger partial charge in [-0.3, -0.25) is 4.79 Å². The summed E-state index contributed by atoms with van der Waals surface area (Å²) in [5.41, 5.74) is -1.50. The van der Waals surface area contributed by atoms with Gasteiger partial charge in [-0.15, -0.1) is 0 Å². The molecule has 0 aliphatic carbocycles. The van der Waals surface area contributed by atoms with Gasteiger partial charge in [-0.25, -0.2) is 0 Å². The highest BCUT2D eigenvalue weighted by Gasteiger charge is 2.40. The number of alkyl halides is 6. The van der Waals surface area contributed by atoms with E-state index in [0.29, 0.717) is 32.2 Å². The van der Waals surface area contributed by atoms with Crippen molar-refractivity contribution in [2.24, 2.45) is 0 Å². The summed E-state index contributed by atoms with van der Waals surface area (Å²) in [7, 11) is 1.86. The second kappa shape index (κ2) is 6.50. The number of carbonyl (C=O) groups is 1. The zero-order valence-electron chi connectivity index (χ0n) is 12.6. The van der Waals surface area contributed by atoms with E-state index >= 15 is 0 Å². The fourth-order valence-electron chi connectivity index (χ4n) is 2.33. The molecule has 0 aromatic heterocycles. The van der Waals surface area contributed by atoms with E-state index in [2.05, 4.69) is 0 Å². The van der Waals surface area contributed by atoms with Gasteiger partial charge in [0.1, 0.15) is 0 Å². The smallest absolute Gasteiger partial charge is 0.367 e. The molecule has 1 amide bonds. The largest absolute Gasteiger partial charge is 0.471 e. The first-order chi connectivity index (χ1) is 11.0. The molecule has 10 heteroatoms. The van der Waals surface area contributed by atoms with Gasteiger partial charge < -0.3 is 15.1 Å². The minimum atomic E-state index is -5.19. The molecule has 134 valence electrons. The molecule has 0 radical (unpaired) electrons. The highest BCUT2D eigenvalue weighted by atomic mass is 19.4. The Morgan fingerprint density at radius 2 is 1.62 bits per heavy atom. The number of halogens is 6. The molecule has 1 heterocycles. The van der Waals surface area contributed by atoms with Gasteiger partial charge in [-0.05, 0) is 25.2 Å². The van der Waals surface area contributed by atoms with E-state index in [1.54, 1.807) is 10.2 Å². The zero-order valence-corrected chi connectivity index (χ0v) is 12.6. The molecule has 0 atom stereocenters. The van der Waals surface area contributed by atoms with Crippen molar-refractivity contribution in [2.75, 3.05) is 43.4 Å². The quantitative estimate of drug-likeness (QED) is 0.829. The SMILES string of the molecule is CN1CCN(c2ccc(C(F)(F)F)cc2NC(=O)C(F)(F)F)CC1. The number of piperazine rings is 1. The summed E-state index contributed by atoms with van der Waals surface area (Å²) >= 11 is 0. The lowest BCUT2D eigenvalue weighted by Gasteiger charge is -2.35. The maximum Gasteiger partial charge on any atom is 0.471 e. The molecule has 2 rings (SSSR count). The summed E-state index contributed by atoms with van der Waals surface area (Å²) in [6.45, 7) is 2.06. The van der Waals surface area contributed by atoms with Gasteiger partial charge in [0.15, 0.2) is 0 Å². The molecule has 0 spiro atoms. The number of amides is 1. The van der Waals surface area contributed by atoms with E-state index in [1.807, 2.05) is 11.9 Å². The number of anilines is 2. The normalized spacial score (nSPS) is 17.0. The van der Waals surface area contributed by atoms with Crippen LogP contribution in [-0.4, -0.2) is 50.2 Å². The lowest BCUT2D eigenvalue weighted by molar-refractivity contribution is -0.167. The van der Waals surface area contributed by atoms with Crippen molar-refractivity contribution in [1.82, 2.24) is 4.90 Å². The fraction of sp³-hybridized carbons (Fsp3) is 0.500. The molecule has 4 nitrogen and oxygen atoms in total. The third kappa shape index (κ3) is 4.31. The third-order valence-corrected chi connectivity index (χ3v) is 3.67. The van der Waals surface area contributed by atoms with Gasteiger partial charge in [0.05, 0.1) is 16.9 Å². The summed E-state index contributed by atoms with van der Waals surface area (Å²) in [5.74, 6) is -2.31. The Balaban J connectivity index is 2.36. The molecular formula is C14H15F6N3O. The second-order valence-corrected chi connectivity index (χ2v) is 5.47. The summed E-state index contributed by atoms with van der Waals surface area (Å²) in [5, 5.41) is 1.55. The van der Waals surface area contributed by atoms with Crippen molar-refractivity contribution >= 4 is 17.3 Å². The number of hydrogen-bond donors (Lipinski definition) is 1. The molecule has 1 aromatic carbocycles. The second-order valence-electron chi connectivity index (χ2n) is 5.47. The van der Waals surface area contributed by atoms with E-state index in [9.17, 15) is 31.1 Å². The molecule has 0 unspecified atom stereocenters. The number of nitrogens with one attached hydrogen (secondary N) is 1. The Kier molecular flexibility index (Phi) is 4.97. The van der Waals surface area contributed by atoms with Crippen molar-refractivity contribution in [3.63, 3.8) is 0 Å². The van der Waals surface area contributed by atoms with Crippen LogP contribution in [0.15, 0.2) is 18.2 Å². The lowest BCUT2D eigenvalue weighted by atomic mass is 10.1. The average Bonchev–Trinajstić information content (AvgIpc) is 2.46. The van der Waals surface area contributed by atoms with Gasteiger partial charge in [0, 0.05) is 26.2 Å². The minimum absolute atomic E-state index is 0.133. The van der Waals surface area contributed by atoms with Crippen LogP contribution >= 0.6 is 0 Å². The van der Waals surface area contributed by atoms with Crippen LogP contribution in [0.4, 0.5) is 37.7 Å². The highest BCUT2D eigenvalue weighted by Crippen LogP contribution is 2.36. The van der Waals surface area contributed by atoms with Crippen LogP contribution in [0.2, 0.25) is 0 Å². The topological polar surface area (TPSA) is 35.6 Å². The number of likely N-dealkylation sites (N-methyl/N-ethyl adjacent to an activating group) is 1. The van der Waals surface area contributed by atoms with Gasteiger partial charge in [-0.1, -0.05) is 0 Å². The highest BCUT2D eigenvalue weighted by molar-refractivity contribution is 5.98. The zero-order chi connectivity index (χ0) is 18.1. The molecular weight excluding hydrogens is 340 g/mol. The number of hydrogen-bond acceptors (Lipinski definition) is 3. The van der Waals surface area contributed by atoms with Crippen LogP contribution < -0.4 is 10.2 Å². The van der Waals surface area contributed by atoms with Crippen LogP contribution in [0.5, 0.6) is 0 Å². The predicted octanol–water partition coefficient (Wildman–Crippen LogP) is 2.96. The number of nitrogens with zero attached hydrogens (tertiary/aromatic N) is 2. The summed E-state index contributed by atoms with van der Waals surface area (Å²) in [6, 6.07) is 2.40. The molecule has 0 saturated carbocycles. The number of rotatable bonds is 2. The van der Waals surface area contributed by atoms with Crippen LogP contribution in [0, 0.1) is 0 Å².